The van der Waals surface area contributed by atoms with Crippen molar-refractivity contribution in [2.24, 2.45) is 0 Å². The van der Waals surface area contributed by atoms with E-state index in [9.17, 15) is 4.39 Å². The van der Waals surface area contributed by atoms with Crippen molar-refractivity contribution in [3.8, 4) is 12.0 Å². The second-order valence-corrected chi connectivity index (χ2v) is 3.62. The van der Waals surface area contributed by atoms with Gasteiger partial charge in [0.1, 0.15) is 11.0 Å². The van der Waals surface area contributed by atoms with Crippen molar-refractivity contribution in [3.63, 3.8) is 0 Å². The zero-order chi connectivity index (χ0) is 12.1. The molecule has 0 atom stereocenters. The Hall–Kier alpha value is -2.05. The van der Waals surface area contributed by atoms with Gasteiger partial charge in [0.25, 0.3) is 0 Å². The molecule has 1 aromatic carbocycles. The topological polar surface area (TPSA) is 24.9 Å². The molecule has 0 aliphatic rings. The van der Waals surface area contributed by atoms with E-state index in [-0.39, 0.29) is 10.7 Å². The highest BCUT2D eigenvalue weighted by atomic mass is 35.5. The molecular formula is C13H8ClFN2. The number of nitrogens with zero attached hydrogens (tertiary/aromatic N) is 1. The van der Waals surface area contributed by atoms with Crippen LogP contribution < -0.4 is 5.32 Å². The summed E-state index contributed by atoms with van der Waals surface area (Å²) >= 11 is 5.53. The number of pyridine rings is 1. The Morgan fingerprint density at radius 2 is 2.00 bits per heavy atom. The monoisotopic (exact) mass is 246 g/mol. The average Bonchev–Trinajstić information content (AvgIpc) is 2.33. The van der Waals surface area contributed by atoms with E-state index in [0.29, 0.717) is 0 Å². The van der Waals surface area contributed by atoms with Crippen molar-refractivity contribution in [1.82, 2.24) is 4.98 Å². The molecule has 0 aliphatic heterocycles. The summed E-state index contributed by atoms with van der Waals surface area (Å²) in [7, 11) is 0. The number of rotatable bonds is 1. The van der Waals surface area contributed by atoms with Crippen LogP contribution in [-0.2, 0) is 0 Å². The van der Waals surface area contributed by atoms with Crippen molar-refractivity contribution >= 4 is 17.3 Å². The molecular weight excluding hydrogens is 239 g/mol. The van der Waals surface area contributed by atoms with E-state index < -0.39 is 5.82 Å². The number of aromatic nitrogens is 1. The predicted molar refractivity (Wildman–Crippen MR) is 66.1 cm³/mol. The highest BCUT2D eigenvalue weighted by molar-refractivity contribution is 6.29. The zero-order valence-corrected chi connectivity index (χ0v) is 9.50. The summed E-state index contributed by atoms with van der Waals surface area (Å²) < 4.78 is 13.3. The molecule has 0 fully saturated rings. The van der Waals surface area contributed by atoms with Crippen molar-refractivity contribution in [2.75, 3.05) is 5.32 Å². The zero-order valence-electron chi connectivity index (χ0n) is 8.74. The van der Waals surface area contributed by atoms with E-state index in [1.165, 1.54) is 6.20 Å². The minimum absolute atomic E-state index is 0.115. The summed E-state index contributed by atoms with van der Waals surface area (Å²) in [5.74, 6) is 2.15. The first-order chi connectivity index (χ1) is 8.25. The lowest BCUT2D eigenvalue weighted by molar-refractivity contribution is 0.622. The molecule has 1 aromatic heterocycles. The molecule has 2 aromatic rings. The smallest absolute Gasteiger partial charge is 0.143 e. The number of benzene rings is 1. The van der Waals surface area contributed by atoms with Gasteiger partial charge in [-0.1, -0.05) is 29.8 Å². The predicted octanol–water partition coefficient (Wildman–Crippen LogP) is 3.30. The fourth-order valence-electron chi connectivity index (χ4n) is 1.19. The first kappa shape index (κ1) is 11.4. The third-order valence-corrected chi connectivity index (χ3v) is 2.20. The Morgan fingerprint density at radius 3 is 2.71 bits per heavy atom. The number of nitrogens with one attached hydrogen (secondary N) is 1. The number of anilines is 1. The molecule has 17 heavy (non-hydrogen) atoms. The number of hydrogen-bond donors (Lipinski definition) is 1. The minimum Gasteiger partial charge on any atom is -0.315 e. The molecule has 1 heterocycles. The Bertz CT molecular complexity index is 573. The van der Waals surface area contributed by atoms with Crippen LogP contribution in [0.2, 0.25) is 5.15 Å². The lowest BCUT2D eigenvalue weighted by Crippen LogP contribution is -1.90. The van der Waals surface area contributed by atoms with Crippen molar-refractivity contribution in [2.45, 2.75) is 0 Å². The van der Waals surface area contributed by atoms with Crippen LogP contribution in [0.1, 0.15) is 5.56 Å². The largest absolute Gasteiger partial charge is 0.315 e. The van der Waals surface area contributed by atoms with Gasteiger partial charge >= 0.3 is 0 Å². The van der Waals surface area contributed by atoms with Gasteiger partial charge in [0, 0.05) is 24.0 Å². The Balaban J connectivity index is 2.12. The van der Waals surface area contributed by atoms with E-state index in [0.717, 1.165) is 11.8 Å². The van der Waals surface area contributed by atoms with Gasteiger partial charge in [-0.05, 0) is 18.1 Å². The summed E-state index contributed by atoms with van der Waals surface area (Å²) in [5, 5.41) is 2.96. The van der Waals surface area contributed by atoms with Gasteiger partial charge < -0.3 is 5.32 Å². The van der Waals surface area contributed by atoms with Gasteiger partial charge in [-0.25, -0.2) is 9.37 Å². The Morgan fingerprint density at radius 1 is 1.24 bits per heavy atom. The maximum absolute atomic E-state index is 13.3. The third kappa shape index (κ3) is 3.20. The second kappa shape index (κ2) is 5.33. The van der Waals surface area contributed by atoms with E-state index in [1.54, 1.807) is 0 Å². The molecule has 2 rings (SSSR count). The van der Waals surface area contributed by atoms with Crippen LogP contribution >= 0.6 is 11.6 Å². The summed E-state index contributed by atoms with van der Waals surface area (Å²) in [6.07, 6.45) is 1.30. The van der Waals surface area contributed by atoms with Gasteiger partial charge in [0.05, 0.1) is 5.56 Å². The molecule has 0 spiro atoms. The van der Waals surface area contributed by atoms with Crippen molar-refractivity contribution < 1.29 is 4.39 Å². The molecule has 0 saturated carbocycles. The fourth-order valence-corrected chi connectivity index (χ4v) is 1.34. The van der Waals surface area contributed by atoms with Gasteiger partial charge in [-0.3, -0.25) is 0 Å². The Kier molecular flexibility index (Phi) is 3.59. The van der Waals surface area contributed by atoms with E-state index >= 15 is 0 Å². The van der Waals surface area contributed by atoms with E-state index in [2.05, 4.69) is 22.3 Å². The molecule has 84 valence electrons. The first-order valence-electron chi connectivity index (χ1n) is 4.89. The van der Waals surface area contributed by atoms with Crippen molar-refractivity contribution in [1.29, 1.82) is 0 Å². The lowest BCUT2D eigenvalue weighted by atomic mass is 10.3. The molecule has 2 nitrogen and oxygen atoms in total. The molecule has 0 saturated heterocycles. The summed E-state index contributed by atoms with van der Waals surface area (Å²) in [5.41, 5.74) is 1.06. The van der Waals surface area contributed by atoms with Crippen LogP contribution in [0.4, 0.5) is 10.1 Å². The number of halogens is 2. The van der Waals surface area contributed by atoms with Gasteiger partial charge in [-0.2, -0.15) is 0 Å². The summed E-state index contributed by atoms with van der Waals surface area (Å²) in [6, 6.07) is 13.2. The molecule has 0 radical (unpaired) electrons. The summed E-state index contributed by atoms with van der Waals surface area (Å²) in [4.78, 5) is 3.76. The lowest BCUT2D eigenvalue weighted by Gasteiger charge is -1.96. The molecule has 1 N–H and O–H groups in total. The molecule has 0 amide bonds. The van der Waals surface area contributed by atoms with Gasteiger partial charge in [-0.15, -0.1) is 0 Å². The van der Waals surface area contributed by atoms with Gasteiger partial charge in [0.15, 0.2) is 0 Å². The van der Waals surface area contributed by atoms with Crippen LogP contribution in [-0.4, -0.2) is 4.98 Å². The molecule has 0 aliphatic carbocycles. The van der Waals surface area contributed by atoms with Crippen LogP contribution in [0.5, 0.6) is 0 Å². The highest BCUT2D eigenvalue weighted by Gasteiger charge is 1.99. The number of para-hydroxylation sites is 1. The van der Waals surface area contributed by atoms with E-state index in [1.807, 2.05) is 30.3 Å². The normalized spacial score (nSPS) is 9.29. The average molecular weight is 247 g/mol. The minimum atomic E-state index is -0.479. The third-order valence-electron chi connectivity index (χ3n) is 2.00. The van der Waals surface area contributed by atoms with E-state index in [4.69, 9.17) is 11.6 Å². The van der Waals surface area contributed by atoms with Crippen LogP contribution in [0.25, 0.3) is 0 Å². The molecule has 0 unspecified atom stereocenters. The standard InChI is InChI=1S/C13H8ClFN2/c14-13-8-12(15)10(9-17-13)6-7-16-11-4-2-1-3-5-11/h1-5,8-9,16H. The maximum atomic E-state index is 13.3. The van der Waals surface area contributed by atoms with Crippen molar-refractivity contribution in [3.05, 3.63) is 59.1 Å². The Labute approximate surface area is 103 Å². The number of hydrogen-bond acceptors (Lipinski definition) is 2. The molecule has 0 bridgehead atoms. The van der Waals surface area contributed by atoms with Gasteiger partial charge in [0.2, 0.25) is 0 Å². The SMILES string of the molecule is Fc1cc(Cl)ncc1C#CNc1ccccc1. The van der Waals surface area contributed by atoms with Crippen LogP contribution in [0, 0.1) is 17.8 Å². The maximum Gasteiger partial charge on any atom is 0.143 e. The second-order valence-electron chi connectivity index (χ2n) is 3.23. The summed E-state index contributed by atoms with van der Waals surface area (Å²) in [6.45, 7) is 0. The quantitative estimate of drug-likeness (QED) is 0.474. The van der Waals surface area contributed by atoms with Crippen LogP contribution in [0.15, 0.2) is 42.6 Å². The fraction of sp³-hybridized carbons (Fsp3) is 0. The van der Waals surface area contributed by atoms with Crippen LogP contribution in [0.3, 0.4) is 0 Å². The first-order valence-corrected chi connectivity index (χ1v) is 5.26. The highest BCUT2D eigenvalue weighted by Crippen LogP contribution is 2.10. The molecule has 4 heteroatoms.